The Kier molecular flexibility index (Phi) is 7.79. The van der Waals surface area contributed by atoms with Crippen LogP contribution in [0.4, 0.5) is 0 Å². The Morgan fingerprint density at radius 2 is 1.72 bits per heavy atom. The molecule has 0 saturated heterocycles. The third-order valence-corrected chi connectivity index (χ3v) is 6.82. The molecule has 7 nitrogen and oxygen atoms in total. The summed E-state index contributed by atoms with van der Waals surface area (Å²) in [5.74, 6) is 0.344. The highest BCUT2D eigenvalue weighted by atomic mass is 16.6. The van der Waals surface area contributed by atoms with Gasteiger partial charge in [0.25, 0.3) is 0 Å². The van der Waals surface area contributed by atoms with Gasteiger partial charge in [0.05, 0.1) is 26.4 Å². The van der Waals surface area contributed by atoms with Gasteiger partial charge in [-0.25, -0.2) is 4.79 Å². The van der Waals surface area contributed by atoms with E-state index < -0.39 is 11.9 Å². The lowest BCUT2D eigenvalue weighted by Crippen LogP contribution is -2.36. The highest BCUT2D eigenvalue weighted by Gasteiger charge is 2.41. The van der Waals surface area contributed by atoms with Crippen molar-refractivity contribution in [2.24, 2.45) is 0 Å². The van der Waals surface area contributed by atoms with Crippen LogP contribution in [0.3, 0.4) is 0 Å². The van der Waals surface area contributed by atoms with Crippen LogP contribution in [0.1, 0.15) is 48.3 Å². The zero-order valence-corrected chi connectivity index (χ0v) is 21.5. The van der Waals surface area contributed by atoms with Crippen LogP contribution < -0.4 is 14.8 Å². The van der Waals surface area contributed by atoms with Crippen LogP contribution in [0.25, 0.3) is 0 Å². The summed E-state index contributed by atoms with van der Waals surface area (Å²) >= 11 is 0. The quantitative estimate of drug-likeness (QED) is 0.428. The lowest BCUT2D eigenvalue weighted by Gasteiger charge is -2.37. The Morgan fingerprint density at radius 1 is 0.944 bits per heavy atom. The Labute approximate surface area is 212 Å². The van der Waals surface area contributed by atoms with Gasteiger partial charge in [-0.3, -0.25) is 4.79 Å². The van der Waals surface area contributed by atoms with Crippen molar-refractivity contribution in [3.63, 3.8) is 0 Å². The molecule has 0 bridgehead atoms. The topological polar surface area (TPSA) is 83.1 Å². The lowest BCUT2D eigenvalue weighted by atomic mass is 9.71. The summed E-state index contributed by atoms with van der Waals surface area (Å²) in [7, 11) is 4.76. The molecule has 0 spiro atoms. The number of benzene rings is 2. The first-order chi connectivity index (χ1) is 17.4. The number of dihydropyridines is 1. The zero-order valence-electron chi connectivity index (χ0n) is 21.5. The number of nitrogens with one attached hydrogen (secondary N) is 1. The molecule has 7 heteroatoms. The van der Waals surface area contributed by atoms with Gasteiger partial charge in [0.15, 0.2) is 17.3 Å². The molecule has 4 rings (SSSR count). The second-order valence-corrected chi connectivity index (χ2v) is 9.17. The number of hydrogen-bond acceptors (Lipinski definition) is 7. The molecule has 2 aliphatic rings. The normalized spacial score (nSPS) is 19.5. The summed E-state index contributed by atoms with van der Waals surface area (Å²) in [6.07, 6.45) is 0.978. The Hall–Kier alpha value is -3.58. The molecule has 190 valence electrons. The van der Waals surface area contributed by atoms with Gasteiger partial charge in [0.2, 0.25) is 0 Å². The monoisotopic (exact) mass is 491 g/mol. The first-order valence-electron chi connectivity index (χ1n) is 12.1. The third kappa shape index (κ3) is 5.02. The van der Waals surface area contributed by atoms with Crippen molar-refractivity contribution in [3.05, 3.63) is 81.7 Å². The van der Waals surface area contributed by atoms with E-state index in [1.807, 2.05) is 56.3 Å². The number of esters is 1. The van der Waals surface area contributed by atoms with Crippen molar-refractivity contribution in [1.29, 1.82) is 0 Å². The molecule has 2 atom stereocenters. The van der Waals surface area contributed by atoms with Crippen LogP contribution in [0, 0.1) is 6.92 Å². The maximum atomic E-state index is 13.7. The van der Waals surface area contributed by atoms with Gasteiger partial charge >= 0.3 is 5.97 Å². The third-order valence-electron chi connectivity index (χ3n) is 6.82. The van der Waals surface area contributed by atoms with Crippen LogP contribution in [0.2, 0.25) is 0 Å². The van der Waals surface area contributed by atoms with Crippen molar-refractivity contribution in [2.75, 3.05) is 34.5 Å². The van der Waals surface area contributed by atoms with Crippen molar-refractivity contribution >= 4 is 11.8 Å². The van der Waals surface area contributed by atoms with Crippen LogP contribution in [0.15, 0.2) is 65.0 Å². The molecular formula is C29H33NO6. The molecule has 0 amide bonds. The van der Waals surface area contributed by atoms with Gasteiger partial charge in [-0.05, 0) is 49.4 Å². The van der Waals surface area contributed by atoms with Gasteiger partial charge in [0, 0.05) is 36.4 Å². The van der Waals surface area contributed by atoms with E-state index in [-0.39, 0.29) is 18.3 Å². The molecule has 1 heterocycles. The predicted molar refractivity (Wildman–Crippen MR) is 136 cm³/mol. The number of methoxy groups -OCH3 is 3. The summed E-state index contributed by atoms with van der Waals surface area (Å²) in [6.45, 7) is 4.32. The molecule has 1 aliphatic heterocycles. The van der Waals surface area contributed by atoms with Crippen molar-refractivity contribution < 1.29 is 28.5 Å². The Balaban J connectivity index is 1.74. The number of Topliss-reactive ketones (excluding diaryl/α,β-unsaturated/α-hetero) is 1. The molecule has 0 unspecified atom stereocenters. The minimum absolute atomic E-state index is 0.0183. The van der Waals surface area contributed by atoms with Crippen molar-refractivity contribution in [1.82, 2.24) is 5.32 Å². The van der Waals surface area contributed by atoms with Gasteiger partial charge in [-0.1, -0.05) is 35.9 Å². The predicted octanol–water partition coefficient (Wildman–Crippen LogP) is 4.56. The fourth-order valence-corrected chi connectivity index (χ4v) is 5.13. The smallest absolute Gasteiger partial charge is 0.336 e. The molecule has 2 aromatic carbocycles. The number of ketones is 1. The number of rotatable bonds is 8. The van der Waals surface area contributed by atoms with Crippen LogP contribution in [0.5, 0.6) is 11.5 Å². The van der Waals surface area contributed by atoms with E-state index in [0.29, 0.717) is 47.8 Å². The molecule has 0 saturated carbocycles. The van der Waals surface area contributed by atoms with E-state index >= 15 is 0 Å². The van der Waals surface area contributed by atoms with Gasteiger partial charge in [0.1, 0.15) is 6.61 Å². The number of carbonyl (C=O) groups is 2. The zero-order chi connectivity index (χ0) is 25.8. The standard InChI is InChI=1S/C29H33NO6/c1-17-7-6-8-20(13-17)27-26(29(32)36-12-11-33-3)18(2)30-22-14-21(15-23(31)28(22)27)19-9-10-24(34-4)25(16-19)35-5/h6-10,13,16,21,27,30H,11-12,14-15H2,1-5H3/t21-,27+/m0/s1. The lowest BCUT2D eigenvalue weighted by molar-refractivity contribution is -0.140. The van der Waals surface area contributed by atoms with E-state index in [9.17, 15) is 9.59 Å². The molecule has 0 aromatic heterocycles. The maximum Gasteiger partial charge on any atom is 0.336 e. The SMILES string of the molecule is COCCOC(=O)C1=C(C)NC2=C(C(=O)C[C@@H](c3ccc(OC)c(OC)c3)C2)[C@@H]1c1cccc(C)c1. The van der Waals surface area contributed by atoms with Gasteiger partial charge in [-0.2, -0.15) is 0 Å². The number of allylic oxidation sites excluding steroid dienone is 3. The average molecular weight is 492 g/mol. The van der Waals surface area contributed by atoms with Crippen LogP contribution >= 0.6 is 0 Å². The average Bonchev–Trinajstić information content (AvgIpc) is 2.87. The minimum atomic E-state index is -0.491. The maximum absolute atomic E-state index is 13.7. The Morgan fingerprint density at radius 3 is 2.42 bits per heavy atom. The second-order valence-electron chi connectivity index (χ2n) is 9.17. The summed E-state index contributed by atoms with van der Waals surface area (Å²) in [6, 6.07) is 13.7. The van der Waals surface area contributed by atoms with E-state index in [1.54, 1.807) is 21.3 Å². The van der Waals surface area contributed by atoms with E-state index in [4.69, 9.17) is 18.9 Å². The van der Waals surface area contributed by atoms with Crippen LogP contribution in [-0.4, -0.2) is 46.3 Å². The second kappa shape index (κ2) is 11.0. The number of ether oxygens (including phenoxy) is 4. The van der Waals surface area contributed by atoms with E-state index in [1.165, 1.54) is 0 Å². The fourth-order valence-electron chi connectivity index (χ4n) is 5.13. The molecule has 0 fully saturated rings. The number of hydrogen-bond donors (Lipinski definition) is 1. The summed E-state index contributed by atoms with van der Waals surface area (Å²) < 4.78 is 21.4. The fraction of sp³-hybridized carbons (Fsp3) is 0.379. The molecule has 1 N–H and O–H groups in total. The molecule has 1 aliphatic carbocycles. The number of aryl methyl sites for hydroxylation is 1. The largest absolute Gasteiger partial charge is 0.493 e. The molecule has 36 heavy (non-hydrogen) atoms. The summed E-state index contributed by atoms with van der Waals surface area (Å²) in [4.78, 5) is 27.0. The molecular weight excluding hydrogens is 458 g/mol. The highest BCUT2D eigenvalue weighted by Crippen LogP contribution is 2.46. The first-order valence-corrected chi connectivity index (χ1v) is 12.1. The summed E-state index contributed by atoms with van der Waals surface area (Å²) in [5, 5.41) is 3.39. The van der Waals surface area contributed by atoms with E-state index in [2.05, 4.69) is 5.32 Å². The minimum Gasteiger partial charge on any atom is -0.493 e. The molecule has 0 radical (unpaired) electrons. The van der Waals surface area contributed by atoms with E-state index in [0.717, 1.165) is 22.4 Å². The Bertz CT molecular complexity index is 1230. The van der Waals surface area contributed by atoms with Gasteiger partial charge < -0.3 is 24.3 Å². The molecule has 2 aromatic rings. The first kappa shape index (κ1) is 25.5. The number of carbonyl (C=O) groups excluding carboxylic acids is 2. The highest BCUT2D eigenvalue weighted by molar-refractivity contribution is 6.04. The van der Waals surface area contributed by atoms with Gasteiger partial charge in [-0.15, -0.1) is 0 Å². The van der Waals surface area contributed by atoms with Crippen molar-refractivity contribution in [3.8, 4) is 11.5 Å². The van der Waals surface area contributed by atoms with Crippen LogP contribution in [-0.2, 0) is 19.1 Å². The van der Waals surface area contributed by atoms with Crippen molar-refractivity contribution in [2.45, 2.75) is 38.5 Å². The summed E-state index contributed by atoms with van der Waals surface area (Å²) in [5.41, 5.74) is 5.62.